The average molecular weight is 235 g/mol. The van der Waals surface area contributed by atoms with Gasteiger partial charge in [0, 0.05) is 32.1 Å². The van der Waals surface area contributed by atoms with Gasteiger partial charge in [0.2, 0.25) is 5.91 Å². The summed E-state index contributed by atoms with van der Waals surface area (Å²) >= 11 is 0. The number of carbonyl (C=O) groups excluding carboxylic acids is 1. The van der Waals surface area contributed by atoms with Crippen LogP contribution in [-0.2, 0) is 18.3 Å². The van der Waals surface area contributed by atoms with E-state index in [0.717, 1.165) is 25.0 Å². The van der Waals surface area contributed by atoms with Gasteiger partial charge in [0.15, 0.2) is 0 Å². The van der Waals surface area contributed by atoms with E-state index in [1.165, 1.54) is 19.3 Å². The topological polar surface area (TPSA) is 46.9 Å². The lowest BCUT2D eigenvalue weighted by atomic mass is 9.89. The predicted octanol–water partition coefficient (Wildman–Crippen LogP) is 1.66. The van der Waals surface area contributed by atoms with Gasteiger partial charge in [0.05, 0.1) is 12.0 Å². The zero-order valence-corrected chi connectivity index (χ0v) is 10.5. The third-order valence-corrected chi connectivity index (χ3v) is 3.41. The van der Waals surface area contributed by atoms with Crippen molar-refractivity contribution in [3.63, 3.8) is 0 Å². The predicted molar refractivity (Wildman–Crippen MR) is 66.5 cm³/mol. The maximum Gasteiger partial charge on any atom is 0.223 e. The zero-order valence-electron chi connectivity index (χ0n) is 10.5. The van der Waals surface area contributed by atoms with Crippen LogP contribution >= 0.6 is 0 Å². The summed E-state index contributed by atoms with van der Waals surface area (Å²) in [4.78, 5) is 16.1. The molecule has 0 radical (unpaired) electrons. The maximum absolute atomic E-state index is 11.9. The SMILES string of the molecule is Cn1cnc(CCNC(=O)C2CCCCC2)c1. The van der Waals surface area contributed by atoms with E-state index in [-0.39, 0.29) is 11.8 Å². The second-order valence-electron chi connectivity index (χ2n) is 4.91. The van der Waals surface area contributed by atoms with Crippen molar-refractivity contribution in [1.82, 2.24) is 14.9 Å². The Morgan fingerprint density at radius 2 is 2.24 bits per heavy atom. The molecule has 4 heteroatoms. The van der Waals surface area contributed by atoms with Crippen molar-refractivity contribution in [3.05, 3.63) is 18.2 Å². The molecule has 2 rings (SSSR count). The maximum atomic E-state index is 11.9. The molecule has 0 unspecified atom stereocenters. The minimum absolute atomic E-state index is 0.237. The van der Waals surface area contributed by atoms with Crippen molar-refractivity contribution in [3.8, 4) is 0 Å². The van der Waals surface area contributed by atoms with Crippen molar-refractivity contribution in [1.29, 1.82) is 0 Å². The Hall–Kier alpha value is -1.32. The van der Waals surface area contributed by atoms with Gasteiger partial charge in [-0.3, -0.25) is 4.79 Å². The molecule has 1 amide bonds. The molecular weight excluding hydrogens is 214 g/mol. The summed E-state index contributed by atoms with van der Waals surface area (Å²) in [5.74, 6) is 0.494. The van der Waals surface area contributed by atoms with Crippen LogP contribution in [0.15, 0.2) is 12.5 Å². The molecule has 4 nitrogen and oxygen atoms in total. The Bertz CT molecular complexity index is 366. The van der Waals surface area contributed by atoms with Gasteiger partial charge in [-0.05, 0) is 12.8 Å². The highest BCUT2D eigenvalue weighted by atomic mass is 16.1. The van der Waals surface area contributed by atoms with Gasteiger partial charge < -0.3 is 9.88 Å². The first kappa shape index (κ1) is 12.1. The van der Waals surface area contributed by atoms with Crippen LogP contribution < -0.4 is 5.32 Å². The molecule has 1 N–H and O–H groups in total. The second-order valence-corrected chi connectivity index (χ2v) is 4.91. The van der Waals surface area contributed by atoms with E-state index in [0.29, 0.717) is 6.54 Å². The first-order valence-corrected chi connectivity index (χ1v) is 6.50. The van der Waals surface area contributed by atoms with Crippen LogP contribution in [-0.4, -0.2) is 22.0 Å². The van der Waals surface area contributed by atoms with E-state index >= 15 is 0 Å². The lowest BCUT2D eigenvalue weighted by molar-refractivity contribution is -0.125. The van der Waals surface area contributed by atoms with E-state index < -0.39 is 0 Å². The number of carbonyl (C=O) groups is 1. The highest BCUT2D eigenvalue weighted by molar-refractivity contribution is 5.78. The zero-order chi connectivity index (χ0) is 12.1. The van der Waals surface area contributed by atoms with Gasteiger partial charge in [0.25, 0.3) is 0 Å². The van der Waals surface area contributed by atoms with Crippen LogP contribution in [0.4, 0.5) is 0 Å². The number of hydrogen-bond donors (Lipinski definition) is 1. The van der Waals surface area contributed by atoms with Crippen molar-refractivity contribution in [2.45, 2.75) is 38.5 Å². The first-order valence-electron chi connectivity index (χ1n) is 6.50. The molecule has 17 heavy (non-hydrogen) atoms. The molecule has 1 saturated carbocycles. The second kappa shape index (κ2) is 5.84. The highest BCUT2D eigenvalue weighted by Crippen LogP contribution is 2.23. The summed E-state index contributed by atoms with van der Waals surface area (Å²) in [7, 11) is 1.96. The molecule has 0 atom stereocenters. The summed E-state index contributed by atoms with van der Waals surface area (Å²) in [6, 6.07) is 0. The average Bonchev–Trinajstić information content (AvgIpc) is 2.76. The van der Waals surface area contributed by atoms with Crippen LogP contribution in [0.1, 0.15) is 37.8 Å². The van der Waals surface area contributed by atoms with E-state index in [4.69, 9.17) is 0 Å². The molecule has 0 saturated heterocycles. The Kier molecular flexibility index (Phi) is 4.18. The van der Waals surface area contributed by atoms with Crippen LogP contribution in [0.2, 0.25) is 0 Å². The number of amides is 1. The summed E-state index contributed by atoms with van der Waals surface area (Å²) in [6.45, 7) is 0.701. The van der Waals surface area contributed by atoms with Gasteiger partial charge >= 0.3 is 0 Å². The third kappa shape index (κ3) is 3.58. The standard InChI is InChI=1S/C13H21N3O/c1-16-9-12(15-10-16)7-8-14-13(17)11-5-3-2-4-6-11/h9-11H,2-8H2,1H3,(H,14,17). The molecule has 0 aromatic carbocycles. The summed E-state index contributed by atoms with van der Waals surface area (Å²) in [6.07, 6.45) is 10.4. The van der Waals surface area contributed by atoms with E-state index in [1.807, 2.05) is 17.8 Å². The summed E-state index contributed by atoms with van der Waals surface area (Å²) in [5.41, 5.74) is 1.04. The van der Waals surface area contributed by atoms with Gasteiger partial charge in [-0.2, -0.15) is 0 Å². The number of hydrogen-bond acceptors (Lipinski definition) is 2. The van der Waals surface area contributed by atoms with Gasteiger partial charge in [-0.1, -0.05) is 19.3 Å². The largest absolute Gasteiger partial charge is 0.355 e. The number of imidazole rings is 1. The van der Waals surface area contributed by atoms with Crippen molar-refractivity contribution < 1.29 is 4.79 Å². The third-order valence-electron chi connectivity index (χ3n) is 3.41. The Morgan fingerprint density at radius 1 is 1.47 bits per heavy atom. The van der Waals surface area contributed by atoms with Gasteiger partial charge in [-0.15, -0.1) is 0 Å². The van der Waals surface area contributed by atoms with Crippen LogP contribution in [0, 0.1) is 5.92 Å². The molecular formula is C13H21N3O. The lowest BCUT2D eigenvalue weighted by Crippen LogP contribution is -2.33. The molecule has 1 aliphatic carbocycles. The number of nitrogens with zero attached hydrogens (tertiary/aromatic N) is 2. The van der Waals surface area contributed by atoms with Gasteiger partial charge in [0.1, 0.15) is 0 Å². The van der Waals surface area contributed by atoms with E-state index in [2.05, 4.69) is 10.3 Å². The smallest absolute Gasteiger partial charge is 0.223 e. The minimum Gasteiger partial charge on any atom is -0.355 e. The molecule has 1 heterocycles. The van der Waals surface area contributed by atoms with E-state index in [1.54, 1.807) is 6.33 Å². The first-order chi connectivity index (χ1) is 8.25. The highest BCUT2D eigenvalue weighted by Gasteiger charge is 2.20. The molecule has 0 bridgehead atoms. The van der Waals surface area contributed by atoms with Crippen molar-refractivity contribution in [2.24, 2.45) is 13.0 Å². The summed E-state index contributed by atoms with van der Waals surface area (Å²) < 4.78 is 1.93. The fourth-order valence-electron chi connectivity index (χ4n) is 2.42. The van der Waals surface area contributed by atoms with Crippen molar-refractivity contribution >= 4 is 5.91 Å². The molecule has 1 fully saturated rings. The minimum atomic E-state index is 0.237. The van der Waals surface area contributed by atoms with E-state index in [9.17, 15) is 4.79 Å². The quantitative estimate of drug-likeness (QED) is 0.862. The fraction of sp³-hybridized carbons (Fsp3) is 0.692. The van der Waals surface area contributed by atoms with Crippen LogP contribution in [0.5, 0.6) is 0 Å². The number of aryl methyl sites for hydroxylation is 1. The molecule has 1 aliphatic rings. The Balaban J connectivity index is 1.69. The molecule has 1 aromatic rings. The lowest BCUT2D eigenvalue weighted by Gasteiger charge is -2.20. The summed E-state index contributed by atoms with van der Waals surface area (Å²) in [5, 5.41) is 3.02. The number of aromatic nitrogens is 2. The molecule has 1 aromatic heterocycles. The number of nitrogens with one attached hydrogen (secondary N) is 1. The Morgan fingerprint density at radius 3 is 2.88 bits per heavy atom. The van der Waals surface area contributed by atoms with Gasteiger partial charge in [-0.25, -0.2) is 4.98 Å². The van der Waals surface area contributed by atoms with Crippen LogP contribution in [0.3, 0.4) is 0 Å². The normalized spacial score (nSPS) is 17.0. The molecule has 0 aliphatic heterocycles. The monoisotopic (exact) mass is 235 g/mol. The number of rotatable bonds is 4. The fourth-order valence-corrected chi connectivity index (χ4v) is 2.42. The Labute approximate surface area is 102 Å². The molecule has 94 valence electrons. The molecule has 0 spiro atoms. The van der Waals surface area contributed by atoms with Crippen LogP contribution in [0.25, 0.3) is 0 Å². The van der Waals surface area contributed by atoms with Crippen molar-refractivity contribution in [2.75, 3.05) is 6.54 Å².